The van der Waals surface area contributed by atoms with Crippen molar-refractivity contribution in [3.8, 4) is 0 Å². The van der Waals surface area contributed by atoms with E-state index < -0.39 is 27.4 Å². The first kappa shape index (κ1) is 20.8. The summed E-state index contributed by atoms with van der Waals surface area (Å²) in [4.78, 5) is 24.3. The van der Waals surface area contributed by atoms with E-state index in [4.69, 9.17) is 4.74 Å². The van der Waals surface area contributed by atoms with Gasteiger partial charge in [0.1, 0.15) is 5.54 Å². The number of nitrogens with one attached hydrogen (secondary N) is 1. The van der Waals surface area contributed by atoms with Crippen molar-refractivity contribution in [1.29, 1.82) is 0 Å². The maximum Gasteiger partial charge on any atom is 0.329 e. The molecular formula is C19H26N2O6S. The van der Waals surface area contributed by atoms with Gasteiger partial charge in [0, 0.05) is 18.7 Å². The summed E-state index contributed by atoms with van der Waals surface area (Å²) in [5.74, 6) is -1.81. The Morgan fingerprint density at radius 3 is 2.36 bits per heavy atom. The lowest BCUT2D eigenvalue weighted by atomic mass is 9.95. The zero-order valence-electron chi connectivity index (χ0n) is 16.2. The van der Waals surface area contributed by atoms with Crippen LogP contribution < -0.4 is 5.32 Å². The van der Waals surface area contributed by atoms with Gasteiger partial charge < -0.3 is 15.2 Å². The van der Waals surface area contributed by atoms with E-state index in [1.807, 2.05) is 13.8 Å². The third kappa shape index (κ3) is 4.06. The third-order valence-electron chi connectivity index (χ3n) is 5.33. The van der Waals surface area contributed by atoms with E-state index in [2.05, 4.69) is 5.32 Å². The van der Waals surface area contributed by atoms with Crippen molar-refractivity contribution < 1.29 is 27.9 Å². The Kier molecular flexibility index (Phi) is 5.53. The lowest BCUT2D eigenvalue weighted by molar-refractivity contribution is -0.144. The van der Waals surface area contributed by atoms with Gasteiger partial charge in [-0.3, -0.25) is 4.79 Å². The van der Waals surface area contributed by atoms with Crippen LogP contribution in [0, 0.1) is 5.92 Å². The fourth-order valence-electron chi connectivity index (χ4n) is 3.57. The Morgan fingerprint density at radius 1 is 1.21 bits per heavy atom. The minimum absolute atomic E-state index is 0.00454. The number of nitrogens with zero attached hydrogens (tertiary/aromatic N) is 1. The van der Waals surface area contributed by atoms with Crippen LogP contribution in [-0.4, -0.2) is 60.5 Å². The van der Waals surface area contributed by atoms with Crippen LogP contribution in [-0.2, 0) is 19.6 Å². The summed E-state index contributed by atoms with van der Waals surface area (Å²) in [7, 11) is -3.79. The number of amides is 1. The van der Waals surface area contributed by atoms with E-state index >= 15 is 0 Å². The topological polar surface area (TPSA) is 113 Å². The highest BCUT2D eigenvalue weighted by molar-refractivity contribution is 7.89. The molecule has 1 aliphatic carbocycles. The van der Waals surface area contributed by atoms with Gasteiger partial charge in [-0.05, 0) is 57.7 Å². The molecule has 154 valence electrons. The van der Waals surface area contributed by atoms with Gasteiger partial charge in [0.15, 0.2) is 0 Å². The minimum Gasteiger partial charge on any atom is -0.480 e. The second kappa shape index (κ2) is 7.46. The highest BCUT2D eigenvalue weighted by atomic mass is 32.2. The molecular weight excluding hydrogens is 384 g/mol. The first-order chi connectivity index (χ1) is 13.0. The lowest BCUT2D eigenvalue weighted by Crippen LogP contribution is -2.54. The number of rotatable bonds is 6. The van der Waals surface area contributed by atoms with E-state index in [1.165, 1.54) is 35.5 Å². The Morgan fingerprint density at radius 2 is 1.82 bits per heavy atom. The Labute approximate surface area is 164 Å². The average Bonchev–Trinajstić information content (AvgIpc) is 3.46. The number of ether oxygens (including phenoxy) is 1. The molecule has 0 aromatic heterocycles. The first-order valence-electron chi connectivity index (χ1n) is 9.35. The van der Waals surface area contributed by atoms with Crippen molar-refractivity contribution in [2.45, 2.75) is 56.3 Å². The zero-order valence-corrected chi connectivity index (χ0v) is 17.0. The van der Waals surface area contributed by atoms with Crippen molar-refractivity contribution in [2.75, 3.05) is 13.1 Å². The van der Waals surface area contributed by atoms with Crippen molar-refractivity contribution >= 4 is 21.9 Å². The molecule has 2 fully saturated rings. The number of benzene rings is 1. The van der Waals surface area contributed by atoms with Crippen molar-refractivity contribution in [2.24, 2.45) is 5.92 Å². The Hall–Kier alpha value is -1.97. The molecule has 9 heteroatoms. The second-order valence-electron chi connectivity index (χ2n) is 7.84. The fraction of sp³-hybridized carbons (Fsp3) is 0.579. The Bertz CT molecular complexity index is 872. The molecule has 3 rings (SSSR count). The van der Waals surface area contributed by atoms with E-state index in [1.54, 1.807) is 0 Å². The number of morpholine rings is 1. The second-order valence-corrected chi connectivity index (χ2v) is 9.78. The van der Waals surface area contributed by atoms with Gasteiger partial charge >= 0.3 is 5.97 Å². The Balaban J connectivity index is 1.83. The quantitative estimate of drug-likeness (QED) is 0.734. The fourth-order valence-corrected chi connectivity index (χ4v) is 5.21. The maximum absolute atomic E-state index is 13.0. The van der Waals surface area contributed by atoms with Gasteiger partial charge in [-0.1, -0.05) is 6.07 Å². The van der Waals surface area contributed by atoms with E-state index in [-0.39, 0.29) is 41.7 Å². The summed E-state index contributed by atoms with van der Waals surface area (Å²) in [5.41, 5.74) is -1.25. The molecule has 1 amide bonds. The highest BCUT2D eigenvalue weighted by Crippen LogP contribution is 2.40. The molecule has 8 nitrogen and oxygen atoms in total. The van der Waals surface area contributed by atoms with Crippen LogP contribution >= 0.6 is 0 Å². The number of sulfonamides is 1. The molecule has 2 N–H and O–H groups in total. The summed E-state index contributed by atoms with van der Waals surface area (Å²) in [6, 6.07) is 5.71. The number of hydrogen-bond acceptors (Lipinski definition) is 5. The van der Waals surface area contributed by atoms with E-state index in [0.29, 0.717) is 0 Å². The van der Waals surface area contributed by atoms with E-state index in [9.17, 15) is 23.1 Å². The molecule has 0 unspecified atom stereocenters. The summed E-state index contributed by atoms with van der Waals surface area (Å²) >= 11 is 0. The lowest BCUT2D eigenvalue weighted by Gasteiger charge is -2.34. The number of aliphatic carboxylic acids is 1. The van der Waals surface area contributed by atoms with Crippen LogP contribution in [0.5, 0.6) is 0 Å². The minimum atomic E-state index is -3.79. The van der Waals surface area contributed by atoms with Crippen LogP contribution in [0.3, 0.4) is 0 Å². The smallest absolute Gasteiger partial charge is 0.329 e. The van der Waals surface area contributed by atoms with Crippen LogP contribution in [0.25, 0.3) is 0 Å². The maximum atomic E-state index is 13.0. The van der Waals surface area contributed by atoms with Gasteiger partial charge in [-0.15, -0.1) is 0 Å². The molecule has 0 radical (unpaired) electrons. The molecule has 1 heterocycles. The summed E-state index contributed by atoms with van der Waals surface area (Å²) < 4.78 is 33.0. The number of carbonyl (C=O) groups is 2. The SMILES string of the molecule is C[C@@H]1CN(S(=O)(=O)c2cccc(C(=O)N[C@](C)(C(=O)O)C3CC3)c2)C[C@@H](C)O1. The monoisotopic (exact) mass is 410 g/mol. The number of carboxylic acid groups (broad SMARTS) is 1. The summed E-state index contributed by atoms with van der Waals surface area (Å²) in [6.07, 6.45) is 1.04. The molecule has 0 spiro atoms. The molecule has 1 saturated carbocycles. The van der Waals surface area contributed by atoms with Crippen LogP contribution in [0.15, 0.2) is 29.2 Å². The molecule has 1 aliphatic heterocycles. The molecule has 0 bridgehead atoms. The number of hydrogen-bond donors (Lipinski definition) is 2. The van der Waals surface area contributed by atoms with Crippen molar-refractivity contribution in [3.05, 3.63) is 29.8 Å². The predicted molar refractivity (Wildman–Crippen MR) is 101 cm³/mol. The molecule has 28 heavy (non-hydrogen) atoms. The molecule has 1 aromatic rings. The highest BCUT2D eigenvalue weighted by Gasteiger charge is 2.48. The molecule has 3 atom stereocenters. The largest absolute Gasteiger partial charge is 0.480 e. The predicted octanol–water partition coefficient (Wildman–Crippen LogP) is 1.47. The van der Waals surface area contributed by atoms with Crippen LogP contribution in [0.1, 0.15) is 44.0 Å². The van der Waals surface area contributed by atoms with Crippen LogP contribution in [0.2, 0.25) is 0 Å². The average molecular weight is 410 g/mol. The van der Waals surface area contributed by atoms with Gasteiger partial charge in [0.25, 0.3) is 5.91 Å². The van der Waals surface area contributed by atoms with Gasteiger partial charge in [0.05, 0.1) is 17.1 Å². The number of carbonyl (C=O) groups excluding carboxylic acids is 1. The van der Waals surface area contributed by atoms with Crippen molar-refractivity contribution in [3.63, 3.8) is 0 Å². The van der Waals surface area contributed by atoms with Gasteiger partial charge in [-0.2, -0.15) is 4.31 Å². The van der Waals surface area contributed by atoms with Gasteiger partial charge in [-0.25, -0.2) is 13.2 Å². The van der Waals surface area contributed by atoms with Gasteiger partial charge in [0.2, 0.25) is 10.0 Å². The van der Waals surface area contributed by atoms with Crippen LogP contribution in [0.4, 0.5) is 0 Å². The zero-order chi connectivity index (χ0) is 20.7. The van der Waals surface area contributed by atoms with Crippen molar-refractivity contribution in [1.82, 2.24) is 9.62 Å². The standard InChI is InChI=1S/C19H26N2O6S/c1-12-10-21(11-13(2)27-12)28(25,26)16-6-4-5-14(9-16)17(22)20-19(3,18(23)24)15-7-8-15/h4-6,9,12-13,15H,7-8,10-11H2,1-3H3,(H,20,22)(H,23,24)/t12-,13-,19+/m1/s1. The third-order valence-corrected chi connectivity index (χ3v) is 7.16. The van der Waals surface area contributed by atoms with E-state index in [0.717, 1.165) is 12.8 Å². The summed E-state index contributed by atoms with van der Waals surface area (Å²) in [5, 5.41) is 12.1. The number of carboxylic acids is 1. The molecule has 1 aromatic carbocycles. The molecule has 1 saturated heterocycles. The summed E-state index contributed by atoms with van der Waals surface area (Å²) in [6.45, 7) is 5.59. The normalized spacial score (nSPS) is 25.7. The first-order valence-corrected chi connectivity index (χ1v) is 10.8. The molecule has 2 aliphatic rings.